The third-order valence-electron chi connectivity index (χ3n) is 3.96. The van der Waals surface area contributed by atoms with Gasteiger partial charge in [0.25, 0.3) is 0 Å². The first-order valence-corrected chi connectivity index (χ1v) is 6.49. The molecule has 0 fully saturated rings. The van der Waals surface area contributed by atoms with E-state index >= 15 is 0 Å². The standard InChI is InChI=1S/C15H22N4/c1-14(2,15(3,4)16)13-17-12(18-19(13)5)11-9-7-6-8-10-11/h6-10H,16H2,1-5H3. The van der Waals surface area contributed by atoms with E-state index in [1.807, 2.05) is 55.9 Å². The van der Waals surface area contributed by atoms with Gasteiger partial charge in [-0.15, -0.1) is 0 Å². The summed E-state index contributed by atoms with van der Waals surface area (Å²) in [6.45, 7) is 8.24. The van der Waals surface area contributed by atoms with E-state index in [-0.39, 0.29) is 11.0 Å². The summed E-state index contributed by atoms with van der Waals surface area (Å²) in [6, 6.07) is 9.99. The highest BCUT2D eigenvalue weighted by Gasteiger charge is 2.39. The molecule has 19 heavy (non-hydrogen) atoms. The Morgan fingerprint density at radius 2 is 1.63 bits per heavy atom. The van der Waals surface area contributed by atoms with Crippen LogP contribution in [0.4, 0.5) is 0 Å². The maximum absolute atomic E-state index is 6.28. The lowest BCUT2D eigenvalue weighted by Gasteiger charge is -2.37. The fraction of sp³-hybridized carbons (Fsp3) is 0.467. The zero-order chi connectivity index (χ0) is 14.3. The summed E-state index contributed by atoms with van der Waals surface area (Å²) in [5.41, 5.74) is 6.67. The number of benzene rings is 1. The molecular formula is C15H22N4. The number of hydrogen-bond acceptors (Lipinski definition) is 3. The Balaban J connectivity index is 2.49. The van der Waals surface area contributed by atoms with E-state index in [2.05, 4.69) is 18.9 Å². The van der Waals surface area contributed by atoms with Gasteiger partial charge in [0, 0.05) is 23.6 Å². The second-order valence-corrected chi connectivity index (χ2v) is 6.10. The lowest BCUT2D eigenvalue weighted by Crippen LogP contribution is -2.51. The van der Waals surface area contributed by atoms with Crippen molar-refractivity contribution >= 4 is 0 Å². The van der Waals surface area contributed by atoms with Gasteiger partial charge in [-0.1, -0.05) is 44.2 Å². The Hall–Kier alpha value is -1.68. The van der Waals surface area contributed by atoms with Crippen LogP contribution in [0.25, 0.3) is 11.4 Å². The molecule has 0 saturated carbocycles. The van der Waals surface area contributed by atoms with Crippen LogP contribution >= 0.6 is 0 Å². The Morgan fingerprint density at radius 1 is 1.05 bits per heavy atom. The van der Waals surface area contributed by atoms with Gasteiger partial charge in [-0.05, 0) is 13.8 Å². The lowest BCUT2D eigenvalue weighted by atomic mass is 9.74. The number of nitrogens with zero attached hydrogens (tertiary/aromatic N) is 3. The number of aryl methyl sites for hydroxylation is 1. The van der Waals surface area contributed by atoms with E-state index in [9.17, 15) is 0 Å². The number of aromatic nitrogens is 3. The molecule has 0 saturated heterocycles. The van der Waals surface area contributed by atoms with Gasteiger partial charge in [-0.25, -0.2) is 4.98 Å². The van der Waals surface area contributed by atoms with Crippen LogP contribution in [0.3, 0.4) is 0 Å². The summed E-state index contributed by atoms with van der Waals surface area (Å²) in [7, 11) is 1.92. The van der Waals surface area contributed by atoms with Gasteiger partial charge in [0.2, 0.25) is 0 Å². The van der Waals surface area contributed by atoms with E-state index in [1.165, 1.54) is 0 Å². The summed E-state index contributed by atoms with van der Waals surface area (Å²) >= 11 is 0. The van der Waals surface area contributed by atoms with Gasteiger partial charge >= 0.3 is 0 Å². The monoisotopic (exact) mass is 258 g/mol. The molecule has 0 spiro atoms. The first kappa shape index (κ1) is 13.7. The van der Waals surface area contributed by atoms with Crippen molar-refractivity contribution in [3.05, 3.63) is 36.2 Å². The molecule has 0 aliphatic carbocycles. The Kier molecular flexibility index (Phi) is 3.22. The second kappa shape index (κ2) is 4.46. The lowest BCUT2D eigenvalue weighted by molar-refractivity contribution is 0.282. The van der Waals surface area contributed by atoms with Gasteiger partial charge < -0.3 is 5.73 Å². The average molecular weight is 258 g/mol. The molecule has 0 amide bonds. The molecule has 0 unspecified atom stereocenters. The topological polar surface area (TPSA) is 56.7 Å². The quantitative estimate of drug-likeness (QED) is 0.920. The van der Waals surface area contributed by atoms with Crippen molar-refractivity contribution in [2.75, 3.05) is 0 Å². The van der Waals surface area contributed by atoms with Crippen LogP contribution in [0, 0.1) is 0 Å². The molecule has 0 aliphatic rings. The normalized spacial score (nSPS) is 12.7. The van der Waals surface area contributed by atoms with Crippen LogP contribution in [0.5, 0.6) is 0 Å². The minimum Gasteiger partial charge on any atom is -0.325 e. The number of hydrogen-bond donors (Lipinski definition) is 1. The van der Waals surface area contributed by atoms with Crippen LogP contribution in [-0.4, -0.2) is 20.3 Å². The number of nitrogens with two attached hydrogens (primary N) is 1. The zero-order valence-electron chi connectivity index (χ0n) is 12.3. The van der Waals surface area contributed by atoms with Crippen molar-refractivity contribution in [2.24, 2.45) is 12.8 Å². The van der Waals surface area contributed by atoms with Crippen molar-refractivity contribution < 1.29 is 0 Å². The molecule has 2 N–H and O–H groups in total. The fourth-order valence-electron chi connectivity index (χ4n) is 1.93. The second-order valence-electron chi connectivity index (χ2n) is 6.10. The van der Waals surface area contributed by atoms with Gasteiger partial charge in [0.05, 0.1) is 0 Å². The largest absolute Gasteiger partial charge is 0.325 e. The molecular weight excluding hydrogens is 236 g/mol. The SMILES string of the molecule is Cn1nc(-c2ccccc2)nc1C(C)(C)C(C)(C)N. The molecule has 0 bridgehead atoms. The first-order valence-electron chi connectivity index (χ1n) is 6.49. The smallest absolute Gasteiger partial charge is 0.181 e. The molecule has 2 aromatic rings. The fourth-order valence-corrected chi connectivity index (χ4v) is 1.93. The molecule has 4 nitrogen and oxygen atoms in total. The van der Waals surface area contributed by atoms with E-state index < -0.39 is 0 Å². The average Bonchev–Trinajstić information content (AvgIpc) is 2.71. The van der Waals surface area contributed by atoms with Crippen LogP contribution < -0.4 is 5.73 Å². The van der Waals surface area contributed by atoms with Crippen molar-refractivity contribution in [2.45, 2.75) is 38.6 Å². The van der Waals surface area contributed by atoms with Gasteiger partial charge in [-0.2, -0.15) is 5.10 Å². The Morgan fingerprint density at radius 3 is 2.16 bits per heavy atom. The van der Waals surface area contributed by atoms with Gasteiger partial charge in [-0.3, -0.25) is 4.68 Å². The van der Waals surface area contributed by atoms with Crippen LogP contribution in [0.15, 0.2) is 30.3 Å². The summed E-state index contributed by atoms with van der Waals surface area (Å²) < 4.78 is 1.83. The van der Waals surface area contributed by atoms with Crippen molar-refractivity contribution in [1.82, 2.24) is 14.8 Å². The van der Waals surface area contributed by atoms with Gasteiger partial charge in [0.15, 0.2) is 5.82 Å². The molecule has 1 aromatic heterocycles. The van der Waals surface area contributed by atoms with Crippen molar-refractivity contribution in [3.63, 3.8) is 0 Å². The van der Waals surface area contributed by atoms with E-state index in [4.69, 9.17) is 10.7 Å². The number of rotatable bonds is 3. The Labute approximate surface area is 114 Å². The van der Waals surface area contributed by atoms with E-state index in [0.29, 0.717) is 0 Å². The molecule has 0 atom stereocenters. The van der Waals surface area contributed by atoms with Crippen LogP contribution in [-0.2, 0) is 12.5 Å². The highest BCUT2D eigenvalue weighted by Crippen LogP contribution is 2.32. The molecule has 102 valence electrons. The predicted molar refractivity (Wildman–Crippen MR) is 77.7 cm³/mol. The van der Waals surface area contributed by atoms with Crippen LogP contribution in [0.1, 0.15) is 33.5 Å². The summed E-state index contributed by atoms with van der Waals surface area (Å²) in [5, 5.41) is 4.51. The minimum absolute atomic E-state index is 0.262. The summed E-state index contributed by atoms with van der Waals surface area (Å²) in [4.78, 5) is 4.69. The van der Waals surface area contributed by atoms with Gasteiger partial charge in [0.1, 0.15) is 5.82 Å². The predicted octanol–water partition coefficient (Wildman–Crippen LogP) is 2.50. The summed E-state index contributed by atoms with van der Waals surface area (Å²) in [6.07, 6.45) is 0. The third-order valence-corrected chi connectivity index (χ3v) is 3.96. The molecule has 0 aliphatic heterocycles. The highest BCUT2D eigenvalue weighted by atomic mass is 15.3. The third kappa shape index (κ3) is 2.40. The maximum atomic E-state index is 6.28. The highest BCUT2D eigenvalue weighted by molar-refractivity contribution is 5.54. The molecule has 4 heteroatoms. The molecule has 0 radical (unpaired) electrons. The first-order chi connectivity index (χ1) is 8.73. The molecule has 1 aromatic carbocycles. The minimum atomic E-state index is -0.373. The van der Waals surface area contributed by atoms with Crippen LogP contribution in [0.2, 0.25) is 0 Å². The summed E-state index contributed by atoms with van der Waals surface area (Å²) in [5.74, 6) is 1.65. The van der Waals surface area contributed by atoms with E-state index in [1.54, 1.807) is 0 Å². The zero-order valence-corrected chi connectivity index (χ0v) is 12.3. The van der Waals surface area contributed by atoms with Crippen molar-refractivity contribution in [3.8, 4) is 11.4 Å². The maximum Gasteiger partial charge on any atom is 0.181 e. The Bertz CT molecular complexity index is 562. The van der Waals surface area contributed by atoms with Crippen molar-refractivity contribution in [1.29, 1.82) is 0 Å². The molecule has 1 heterocycles. The molecule has 2 rings (SSSR count). The van der Waals surface area contributed by atoms with E-state index in [0.717, 1.165) is 17.2 Å².